The molecule has 3 heteroatoms. The van der Waals surface area contributed by atoms with Crippen LogP contribution in [0.25, 0.3) is 0 Å². The van der Waals surface area contributed by atoms with Gasteiger partial charge in [0.1, 0.15) is 0 Å². The third kappa shape index (κ3) is 3.32. The molecule has 0 atom stereocenters. The fourth-order valence-electron chi connectivity index (χ4n) is 0.985. The number of thiazole rings is 1. The predicted molar refractivity (Wildman–Crippen MR) is 53.7 cm³/mol. The van der Waals surface area contributed by atoms with Gasteiger partial charge >= 0.3 is 0 Å². The van der Waals surface area contributed by atoms with E-state index in [1.54, 1.807) is 11.3 Å². The van der Waals surface area contributed by atoms with E-state index in [2.05, 4.69) is 31.1 Å². The van der Waals surface area contributed by atoms with E-state index in [0.29, 0.717) is 6.04 Å². The Kier molecular flexibility index (Phi) is 3.69. The molecule has 1 heterocycles. The Balaban J connectivity index is 2.24. The highest BCUT2D eigenvalue weighted by atomic mass is 32.1. The zero-order valence-electron chi connectivity index (χ0n) is 7.92. The van der Waals surface area contributed by atoms with E-state index in [4.69, 9.17) is 0 Å². The van der Waals surface area contributed by atoms with Gasteiger partial charge in [-0.2, -0.15) is 0 Å². The Labute approximate surface area is 78.0 Å². The van der Waals surface area contributed by atoms with Crippen LogP contribution < -0.4 is 5.32 Å². The Morgan fingerprint density at radius 2 is 2.33 bits per heavy atom. The molecule has 0 saturated heterocycles. The molecule has 0 saturated carbocycles. The van der Waals surface area contributed by atoms with Crippen LogP contribution in [0.15, 0.2) is 6.20 Å². The first-order chi connectivity index (χ1) is 5.68. The van der Waals surface area contributed by atoms with Gasteiger partial charge in [-0.15, -0.1) is 11.3 Å². The van der Waals surface area contributed by atoms with E-state index in [1.165, 1.54) is 9.88 Å². The van der Waals surface area contributed by atoms with Gasteiger partial charge in [-0.05, 0) is 6.92 Å². The van der Waals surface area contributed by atoms with Gasteiger partial charge in [0.2, 0.25) is 0 Å². The fourth-order valence-corrected chi connectivity index (χ4v) is 1.77. The molecule has 0 bridgehead atoms. The first kappa shape index (κ1) is 9.68. The largest absolute Gasteiger partial charge is 0.314 e. The summed E-state index contributed by atoms with van der Waals surface area (Å²) in [5, 5.41) is 4.61. The van der Waals surface area contributed by atoms with Crippen LogP contribution in [0.3, 0.4) is 0 Å². The van der Waals surface area contributed by atoms with Crippen LogP contribution in [0.5, 0.6) is 0 Å². The number of nitrogens with zero attached hydrogens (tertiary/aromatic N) is 1. The number of hydrogen-bond donors (Lipinski definition) is 1. The van der Waals surface area contributed by atoms with Crippen molar-refractivity contribution < 1.29 is 0 Å². The second-order valence-electron chi connectivity index (χ2n) is 3.22. The average molecular weight is 184 g/mol. The second-order valence-corrected chi connectivity index (χ2v) is 4.54. The van der Waals surface area contributed by atoms with Crippen molar-refractivity contribution in [1.29, 1.82) is 0 Å². The van der Waals surface area contributed by atoms with Gasteiger partial charge in [0.25, 0.3) is 0 Å². The summed E-state index contributed by atoms with van der Waals surface area (Å²) in [5.74, 6) is 0. The van der Waals surface area contributed by atoms with Gasteiger partial charge in [-0.25, -0.2) is 4.98 Å². The third-order valence-corrected chi connectivity index (χ3v) is 2.53. The lowest BCUT2D eigenvalue weighted by Gasteiger charge is -2.05. The van der Waals surface area contributed by atoms with Crippen LogP contribution in [0.4, 0.5) is 0 Å². The number of hydrogen-bond acceptors (Lipinski definition) is 3. The van der Waals surface area contributed by atoms with E-state index >= 15 is 0 Å². The summed E-state index contributed by atoms with van der Waals surface area (Å²) in [7, 11) is 0. The molecule has 2 nitrogen and oxygen atoms in total. The molecule has 1 rings (SSSR count). The molecule has 0 spiro atoms. The average Bonchev–Trinajstić information content (AvgIpc) is 2.35. The van der Waals surface area contributed by atoms with Gasteiger partial charge in [0.05, 0.1) is 5.01 Å². The minimum atomic E-state index is 0.575. The summed E-state index contributed by atoms with van der Waals surface area (Å²) in [6.45, 7) is 7.45. The van der Waals surface area contributed by atoms with Crippen molar-refractivity contribution in [2.45, 2.75) is 33.2 Å². The number of aryl methyl sites for hydroxylation is 1. The van der Waals surface area contributed by atoms with Crippen LogP contribution in [0.1, 0.15) is 23.7 Å². The highest BCUT2D eigenvalue weighted by Crippen LogP contribution is 2.10. The topological polar surface area (TPSA) is 24.9 Å². The fraction of sp³-hybridized carbons (Fsp3) is 0.667. The zero-order valence-corrected chi connectivity index (χ0v) is 8.74. The van der Waals surface area contributed by atoms with Crippen LogP contribution in [-0.2, 0) is 6.42 Å². The van der Waals surface area contributed by atoms with Crippen molar-refractivity contribution in [1.82, 2.24) is 10.3 Å². The lowest BCUT2D eigenvalue weighted by Crippen LogP contribution is -2.24. The first-order valence-electron chi connectivity index (χ1n) is 4.33. The molecular weight excluding hydrogens is 168 g/mol. The SMILES string of the molecule is Cc1cnc(CCNC(C)C)s1. The van der Waals surface area contributed by atoms with Crippen LogP contribution >= 0.6 is 11.3 Å². The Morgan fingerprint density at radius 3 is 2.83 bits per heavy atom. The molecule has 1 aromatic heterocycles. The van der Waals surface area contributed by atoms with E-state index in [-0.39, 0.29) is 0 Å². The lowest BCUT2D eigenvalue weighted by atomic mass is 10.3. The molecule has 1 aromatic rings. The molecule has 0 fully saturated rings. The van der Waals surface area contributed by atoms with Gasteiger partial charge in [-0.1, -0.05) is 13.8 Å². The summed E-state index contributed by atoms with van der Waals surface area (Å²) in [6, 6.07) is 0.575. The molecular formula is C9H16N2S. The number of aromatic nitrogens is 1. The molecule has 0 aliphatic carbocycles. The van der Waals surface area contributed by atoms with Gasteiger partial charge in [-0.3, -0.25) is 0 Å². The summed E-state index contributed by atoms with van der Waals surface area (Å²) < 4.78 is 0. The molecule has 0 aliphatic heterocycles. The highest BCUT2D eigenvalue weighted by Gasteiger charge is 1.98. The maximum absolute atomic E-state index is 4.29. The second kappa shape index (κ2) is 4.58. The highest BCUT2D eigenvalue weighted by molar-refractivity contribution is 7.11. The molecule has 0 aromatic carbocycles. The van der Waals surface area contributed by atoms with Crippen molar-refractivity contribution in [3.05, 3.63) is 16.1 Å². The zero-order chi connectivity index (χ0) is 8.97. The van der Waals surface area contributed by atoms with Gasteiger partial charge < -0.3 is 5.32 Å². The smallest absolute Gasteiger partial charge is 0.0940 e. The Bertz CT molecular complexity index is 230. The molecule has 12 heavy (non-hydrogen) atoms. The lowest BCUT2D eigenvalue weighted by molar-refractivity contribution is 0.590. The maximum Gasteiger partial charge on any atom is 0.0940 e. The standard InChI is InChI=1S/C9H16N2S/c1-7(2)10-5-4-9-11-6-8(3)12-9/h6-7,10H,4-5H2,1-3H3. The molecule has 1 N–H and O–H groups in total. The molecule has 68 valence electrons. The normalized spacial score (nSPS) is 11.0. The quantitative estimate of drug-likeness (QED) is 0.774. The minimum Gasteiger partial charge on any atom is -0.314 e. The van der Waals surface area contributed by atoms with Crippen LogP contribution in [0.2, 0.25) is 0 Å². The molecule has 0 aliphatic rings. The van der Waals surface area contributed by atoms with Crippen molar-refractivity contribution in [3.63, 3.8) is 0 Å². The van der Waals surface area contributed by atoms with Crippen LogP contribution in [-0.4, -0.2) is 17.6 Å². The van der Waals surface area contributed by atoms with Crippen molar-refractivity contribution >= 4 is 11.3 Å². The minimum absolute atomic E-state index is 0.575. The van der Waals surface area contributed by atoms with Gasteiger partial charge in [0, 0.05) is 30.1 Å². The predicted octanol–water partition coefficient (Wildman–Crippen LogP) is 1.99. The van der Waals surface area contributed by atoms with Crippen molar-refractivity contribution in [3.8, 4) is 0 Å². The molecule has 0 radical (unpaired) electrons. The summed E-state index contributed by atoms with van der Waals surface area (Å²) >= 11 is 1.79. The molecule has 0 unspecified atom stereocenters. The summed E-state index contributed by atoms with van der Waals surface area (Å²) in [5.41, 5.74) is 0. The van der Waals surface area contributed by atoms with E-state index in [9.17, 15) is 0 Å². The maximum atomic E-state index is 4.29. The number of rotatable bonds is 4. The summed E-state index contributed by atoms with van der Waals surface area (Å²) in [4.78, 5) is 5.59. The Hall–Kier alpha value is -0.410. The Morgan fingerprint density at radius 1 is 1.58 bits per heavy atom. The summed E-state index contributed by atoms with van der Waals surface area (Å²) in [6.07, 6.45) is 2.99. The first-order valence-corrected chi connectivity index (χ1v) is 5.15. The van der Waals surface area contributed by atoms with Crippen LogP contribution in [0, 0.1) is 6.92 Å². The van der Waals surface area contributed by atoms with Crippen molar-refractivity contribution in [2.24, 2.45) is 0 Å². The van der Waals surface area contributed by atoms with E-state index in [0.717, 1.165) is 13.0 Å². The monoisotopic (exact) mass is 184 g/mol. The molecule has 0 amide bonds. The van der Waals surface area contributed by atoms with Crippen molar-refractivity contribution in [2.75, 3.05) is 6.54 Å². The van der Waals surface area contributed by atoms with Gasteiger partial charge in [0.15, 0.2) is 0 Å². The number of nitrogens with one attached hydrogen (secondary N) is 1. The van der Waals surface area contributed by atoms with E-state index in [1.807, 2.05) is 6.20 Å². The van der Waals surface area contributed by atoms with E-state index < -0.39 is 0 Å². The third-order valence-electron chi connectivity index (χ3n) is 1.56.